The van der Waals surface area contributed by atoms with Crippen LogP contribution in [0.5, 0.6) is 5.75 Å². The molecule has 114 valence electrons. The minimum absolute atomic E-state index is 0.0944. The lowest BCUT2D eigenvalue weighted by atomic mass is 10.2. The second-order valence-corrected chi connectivity index (χ2v) is 5.98. The smallest absolute Gasteiger partial charge is 0.241 e. The number of nitrogens with one attached hydrogen (secondary N) is 1. The van der Waals surface area contributed by atoms with E-state index in [4.69, 9.17) is 15.6 Å². The summed E-state index contributed by atoms with van der Waals surface area (Å²) in [5, 5.41) is 8.86. The van der Waals surface area contributed by atoms with Gasteiger partial charge in [0.25, 0.3) is 0 Å². The third kappa shape index (κ3) is 3.81. The Kier molecular flexibility index (Phi) is 5.73. The average molecular weight is 306 g/mol. The van der Waals surface area contributed by atoms with Gasteiger partial charge in [-0.2, -0.15) is 0 Å². The van der Waals surface area contributed by atoms with Crippen LogP contribution >= 0.6 is 0 Å². The first-order valence-corrected chi connectivity index (χ1v) is 7.60. The normalized spacial score (nSPS) is 13.2. The zero-order chi connectivity index (χ0) is 15.3. The molecular weight excluding hydrogens is 287 g/mol. The lowest BCUT2D eigenvalue weighted by molar-refractivity contribution is 0.270. The van der Waals surface area contributed by atoms with Crippen LogP contribution in [0.3, 0.4) is 0 Å². The van der Waals surface area contributed by atoms with E-state index in [1.807, 2.05) is 0 Å². The Balaban J connectivity index is 3.10. The monoisotopic (exact) mass is 306 g/mol. The molecule has 1 atom stereocenters. The summed E-state index contributed by atoms with van der Waals surface area (Å²) < 4.78 is 45.1. The van der Waals surface area contributed by atoms with Crippen molar-refractivity contribution in [3.8, 4) is 5.75 Å². The summed E-state index contributed by atoms with van der Waals surface area (Å²) in [6, 6.07) is 1.57. The first-order valence-electron chi connectivity index (χ1n) is 6.11. The SMILES string of the molecule is CCC(CCO)NS(=O)(=O)c1cc(N)c(OC)c(F)c1. The number of halogens is 1. The fraction of sp³-hybridized carbons (Fsp3) is 0.500. The summed E-state index contributed by atoms with van der Waals surface area (Å²) >= 11 is 0. The fourth-order valence-corrected chi connectivity index (χ4v) is 3.15. The number of sulfonamides is 1. The molecule has 0 amide bonds. The van der Waals surface area contributed by atoms with Crippen molar-refractivity contribution in [1.29, 1.82) is 0 Å². The molecule has 6 nitrogen and oxygen atoms in total. The largest absolute Gasteiger partial charge is 0.492 e. The molecule has 0 heterocycles. The van der Waals surface area contributed by atoms with E-state index in [2.05, 4.69) is 4.72 Å². The second kappa shape index (κ2) is 6.87. The van der Waals surface area contributed by atoms with E-state index in [0.717, 1.165) is 12.1 Å². The molecule has 0 radical (unpaired) electrons. The van der Waals surface area contributed by atoms with Crippen LogP contribution < -0.4 is 15.2 Å². The Bertz CT molecular complexity index is 540. The van der Waals surface area contributed by atoms with Gasteiger partial charge in [0.1, 0.15) is 0 Å². The summed E-state index contributed by atoms with van der Waals surface area (Å²) in [6.45, 7) is 1.64. The van der Waals surface area contributed by atoms with Gasteiger partial charge in [-0.3, -0.25) is 0 Å². The van der Waals surface area contributed by atoms with Crippen LogP contribution in [0.1, 0.15) is 19.8 Å². The van der Waals surface area contributed by atoms with Crippen molar-refractivity contribution in [3.05, 3.63) is 17.9 Å². The maximum Gasteiger partial charge on any atom is 0.241 e. The van der Waals surface area contributed by atoms with Crippen molar-refractivity contribution < 1.29 is 22.7 Å². The first-order chi connectivity index (χ1) is 9.35. The highest BCUT2D eigenvalue weighted by Crippen LogP contribution is 2.28. The average Bonchev–Trinajstić information content (AvgIpc) is 2.37. The van der Waals surface area contributed by atoms with Crippen molar-refractivity contribution in [2.75, 3.05) is 19.5 Å². The third-order valence-electron chi connectivity index (χ3n) is 2.85. The molecule has 1 aromatic rings. The van der Waals surface area contributed by atoms with E-state index >= 15 is 0 Å². The number of benzene rings is 1. The number of hydrogen-bond donors (Lipinski definition) is 3. The molecule has 0 aliphatic heterocycles. The highest BCUT2D eigenvalue weighted by atomic mass is 32.2. The second-order valence-electron chi connectivity index (χ2n) is 4.27. The molecular formula is C12H19FN2O4S. The van der Waals surface area contributed by atoms with Gasteiger partial charge in [-0.15, -0.1) is 0 Å². The summed E-state index contributed by atoms with van der Waals surface area (Å²) in [7, 11) is -2.65. The van der Waals surface area contributed by atoms with E-state index in [0.29, 0.717) is 6.42 Å². The quantitative estimate of drug-likeness (QED) is 0.648. The Morgan fingerprint density at radius 2 is 2.15 bits per heavy atom. The van der Waals surface area contributed by atoms with Gasteiger partial charge >= 0.3 is 0 Å². The molecule has 0 spiro atoms. The van der Waals surface area contributed by atoms with Crippen molar-refractivity contribution in [2.45, 2.75) is 30.7 Å². The maximum absolute atomic E-state index is 13.7. The number of anilines is 1. The molecule has 0 aromatic heterocycles. The fourth-order valence-electron chi connectivity index (χ4n) is 1.75. The molecule has 4 N–H and O–H groups in total. The van der Waals surface area contributed by atoms with E-state index in [1.54, 1.807) is 6.92 Å². The van der Waals surface area contributed by atoms with Crippen molar-refractivity contribution in [3.63, 3.8) is 0 Å². The van der Waals surface area contributed by atoms with Crippen LogP contribution in [-0.4, -0.2) is 33.3 Å². The zero-order valence-corrected chi connectivity index (χ0v) is 12.2. The molecule has 0 saturated heterocycles. The molecule has 8 heteroatoms. The highest BCUT2D eigenvalue weighted by Gasteiger charge is 2.22. The van der Waals surface area contributed by atoms with Crippen LogP contribution in [0, 0.1) is 5.82 Å². The van der Waals surface area contributed by atoms with Crippen molar-refractivity contribution in [2.24, 2.45) is 0 Å². The first kappa shape index (κ1) is 16.7. The molecule has 0 bridgehead atoms. The van der Waals surface area contributed by atoms with Gasteiger partial charge in [-0.1, -0.05) is 6.92 Å². The molecule has 0 aliphatic rings. The molecule has 1 unspecified atom stereocenters. The number of ether oxygens (including phenoxy) is 1. The number of hydrogen-bond acceptors (Lipinski definition) is 5. The summed E-state index contributed by atoms with van der Waals surface area (Å²) in [5.74, 6) is -1.03. The van der Waals surface area contributed by atoms with Crippen molar-refractivity contribution in [1.82, 2.24) is 4.72 Å². The number of rotatable bonds is 7. The summed E-state index contributed by atoms with van der Waals surface area (Å²) in [5.41, 5.74) is 5.46. The molecule has 1 rings (SSSR count). The Morgan fingerprint density at radius 1 is 1.50 bits per heavy atom. The van der Waals surface area contributed by atoms with Gasteiger partial charge in [-0.05, 0) is 25.0 Å². The Hall–Kier alpha value is -1.38. The van der Waals surface area contributed by atoms with Gasteiger partial charge in [0.2, 0.25) is 10.0 Å². The lowest BCUT2D eigenvalue weighted by Crippen LogP contribution is -2.35. The standard InChI is InChI=1S/C12H19FN2O4S/c1-3-8(4-5-16)15-20(17,18)9-6-10(13)12(19-2)11(14)7-9/h6-8,15-16H,3-5,14H2,1-2H3. The van der Waals surface area contributed by atoms with Gasteiger partial charge in [0.15, 0.2) is 11.6 Å². The topological polar surface area (TPSA) is 102 Å². The van der Waals surface area contributed by atoms with E-state index < -0.39 is 21.9 Å². The number of nitrogen functional groups attached to an aromatic ring is 1. The Labute approximate surface area is 117 Å². The molecule has 0 fully saturated rings. The van der Waals surface area contributed by atoms with Crippen LogP contribution in [0.15, 0.2) is 17.0 Å². The molecule has 0 aliphatic carbocycles. The minimum Gasteiger partial charge on any atom is -0.492 e. The summed E-state index contributed by atoms with van der Waals surface area (Å²) in [6.07, 6.45) is 0.789. The van der Waals surface area contributed by atoms with Crippen LogP contribution in [0.25, 0.3) is 0 Å². The van der Waals surface area contributed by atoms with Crippen molar-refractivity contribution >= 4 is 15.7 Å². The predicted octanol–water partition coefficient (Wildman–Crippen LogP) is 0.856. The Morgan fingerprint density at radius 3 is 2.60 bits per heavy atom. The lowest BCUT2D eigenvalue weighted by Gasteiger charge is -2.16. The number of methoxy groups -OCH3 is 1. The van der Waals surface area contributed by atoms with Crippen LogP contribution in [0.4, 0.5) is 10.1 Å². The van der Waals surface area contributed by atoms with Crippen LogP contribution in [0.2, 0.25) is 0 Å². The zero-order valence-electron chi connectivity index (χ0n) is 11.4. The van der Waals surface area contributed by atoms with Gasteiger partial charge in [0.05, 0.1) is 17.7 Å². The molecule has 20 heavy (non-hydrogen) atoms. The van der Waals surface area contributed by atoms with Gasteiger partial charge in [-0.25, -0.2) is 17.5 Å². The van der Waals surface area contributed by atoms with Crippen LogP contribution in [-0.2, 0) is 10.0 Å². The number of aliphatic hydroxyl groups is 1. The summed E-state index contributed by atoms with van der Waals surface area (Å²) in [4.78, 5) is -0.273. The highest BCUT2D eigenvalue weighted by molar-refractivity contribution is 7.89. The molecule has 0 saturated carbocycles. The van der Waals surface area contributed by atoms with Gasteiger partial charge in [0, 0.05) is 12.6 Å². The van der Waals surface area contributed by atoms with E-state index in [1.165, 1.54) is 7.11 Å². The third-order valence-corrected chi connectivity index (χ3v) is 4.35. The van der Waals surface area contributed by atoms with E-state index in [-0.39, 0.29) is 29.4 Å². The van der Waals surface area contributed by atoms with E-state index in [9.17, 15) is 12.8 Å². The minimum atomic E-state index is -3.90. The number of aliphatic hydroxyl groups excluding tert-OH is 1. The predicted molar refractivity (Wildman–Crippen MR) is 73.5 cm³/mol. The number of nitrogens with two attached hydrogens (primary N) is 1. The maximum atomic E-state index is 13.7. The molecule has 1 aromatic carbocycles. The van der Waals surface area contributed by atoms with Gasteiger partial charge < -0.3 is 15.6 Å².